The van der Waals surface area contributed by atoms with Gasteiger partial charge in [0.1, 0.15) is 6.26 Å². The van der Waals surface area contributed by atoms with E-state index in [9.17, 15) is 0 Å². The van der Waals surface area contributed by atoms with Crippen molar-refractivity contribution in [3.63, 3.8) is 0 Å². The number of allylic oxidation sites excluding steroid dienone is 1. The summed E-state index contributed by atoms with van der Waals surface area (Å²) in [4.78, 5) is 3.88. The molecule has 0 amide bonds. The van der Waals surface area contributed by atoms with Gasteiger partial charge in [-0.1, -0.05) is 17.7 Å². The van der Waals surface area contributed by atoms with Crippen LogP contribution in [-0.2, 0) is 6.42 Å². The van der Waals surface area contributed by atoms with Crippen molar-refractivity contribution in [2.45, 2.75) is 6.42 Å². The molecule has 0 aliphatic carbocycles. The highest BCUT2D eigenvalue weighted by Gasteiger charge is 1.89. The predicted molar refractivity (Wildman–Crippen MR) is 35.2 cm³/mol. The van der Waals surface area contributed by atoms with Crippen LogP contribution in [0.3, 0.4) is 0 Å². The number of halogens is 1. The van der Waals surface area contributed by atoms with Gasteiger partial charge in [-0.25, -0.2) is 4.98 Å². The first kappa shape index (κ1) is 6.36. The van der Waals surface area contributed by atoms with Crippen LogP contribution in [0.4, 0.5) is 0 Å². The summed E-state index contributed by atoms with van der Waals surface area (Å²) in [6.45, 7) is 0. The molecule has 0 atom stereocenters. The molecular weight excluding hydrogens is 138 g/mol. The first-order valence-corrected chi connectivity index (χ1v) is 3.00. The molecule has 0 aliphatic rings. The smallest absolute Gasteiger partial charge is 0.197 e. The number of hydrogen-bond donors (Lipinski definition) is 0. The topological polar surface area (TPSA) is 26.0 Å². The number of aromatic nitrogens is 1. The van der Waals surface area contributed by atoms with Crippen molar-refractivity contribution in [3.8, 4) is 0 Å². The maximum atomic E-state index is 5.27. The minimum atomic E-state index is 0.663. The van der Waals surface area contributed by atoms with E-state index in [2.05, 4.69) is 4.98 Å². The van der Waals surface area contributed by atoms with Crippen molar-refractivity contribution >= 4 is 11.6 Å². The average Bonchev–Trinajstić information content (AvgIpc) is 2.34. The van der Waals surface area contributed by atoms with Crippen LogP contribution in [0.15, 0.2) is 28.5 Å². The summed E-state index contributed by atoms with van der Waals surface area (Å²) in [5.74, 6) is 0.687. The molecule has 0 aromatic carbocycles. The molecule has 0 saturated heterocycles. The SMILES string of the molecule is ClC=CCc1ncco1. The zero-order valence-electron chi connectivity index (χ0n) is 4.75. The molecule has 9 heavy (non-hydrogen) atoms. The van der Waals surface area contributed by atoms with Crippen LogP contribution < -0.4 is 0 Å². The third kappa shape index (κ3) is 1.90. The standard InChI is InChI=1S/C6H6ClNO/c7-3-1-2-6-8-4-5-9-6/h1,3-5H,2H2. The molecule has 1 aromatic rings. The van der Waals surface area contributed by atoms with Gasteiger partial charge in [0.2, 0.25) is 0 Å². The Morgan fingerprint density at radius 3 is 3.22 bits per heavy atom. The Bertz CT molecular complexity index is 181. The molecule has 0 aliphatic heterocycles. The fraction of sp³-hybridized carbons (Fsp3) is 0.167. The van der Waals surface area contributed by atoms with Crippen LogP contribution in [0.25, 0.3) is 0 Å². The maximum Gasteiger partial charge on any atom is 0.197 e. The van der Waals surface area contributed by atoms with Crippen molar-refractivity contribution in [2.75, 3.05) is 0 Å². The summed E-state index contributed by atoms with van der Waals surface area (Å²) in [7, 11) is 0. The van der Waals surface area contributed by atoms with E-state index in [1.54, 1.807) is 12.3 Å². The van der Waals surface area contributed by atoms with Crippen LogP contribution >= 0.6 is 11.6 Å². The monoisotopic (exact) mass is 143 g/mol. The quantitative estimate of drug-likeness (QED) is 0.633. The minimum absolute atomic E-state index is 0.663. The van der Waals surface area contributed by atoms with E-state index in [4.69, 9.17) is 16.0 Å². The first-order valence-electron chi connectivity index (χ1n) is 2.57. The summed E-state index contributed by atoms with van der Waals surface area (Å²) in [6.07, 6.45) is 5.58. The average molecular weight is 144 g/mol. The lowest BCUT2D eigenvalue weighted by molar-refractivity contribution is 0.509. The molecular formula is C6H6ClNO. The third-order valence-electron chi connectivity index (χ3n) is 0.865. The highest BCUT2D eigenvalue weighted by molar-refractivity contribution is 6.25. The molecule has 1 aromatic heterocycles. The van der Waals surface area contributed by atoms with Crippen LogP contribution in [0.5, 0.6) is 0 Å². The molecule has 1 heterocycles. The van der Waals surface area contributed by atoms with Crippen LogP contribution in [0.1, 0.15) is 5.89 Å². The maximum absolute atomic E-state index is 5.27. The Kier molecular flexibility index (Phi) is 2.33. The summed E-state index contributed by atoms with van der Waals surface area (Å²) < 4.78 is 4.91. The third-order valence-corrected chi connectivity index (χ3v) is 1.04. The molecule has 0 fully saturated rings. The zero-order valence-corrected chi connectivity index (χ0v) is 5.51. The molecule has 0 N–H and O–H groups in total. The normalized spacial score (nSPS) is 10.8. The van der Waals surface area contributed by atoms with Crippen molar-refractivity contribution in [3.05, 3.63) is 30.0 Å². The zero-order chi connectivity index (χ0) is 6.53. The van der Waals surface area contributed by atoms with Gasteiger partial charge in [-0.05, 0) is 0 Å². The van der Waals surface area contributed by atoms with Gasteiger partial charge < -0.3 is 4.42 Å². The predicted octanol–water partition coefficient (Wildman–Crippen LogP) is 1.97. The molecule has 0 unspecified atom stereocenters. The van der Waals surface area contributed by atoms with E-state index in [1.165, 1.54) is 11.8 Å². The highest BCUT2D eigenvalue weighted by atomic mass is 35.5. The molecule has 0 saturated carbocycles. The Labute approximate surface area is 58.2 Å². The molecule has 48 valence electrons. The number of oxazole rings is 1. The minimum Gasteiger partial charge on any atom is -0.449 e. The second kappa shape index (κ2) is 3.30. The number of hydrogen-bond acceptors (Lipinski definition) is 2. The van der Waals surface area contributed by atoms with Crippen molar-refractivity contribution < 1.29 is 4.42 Å². The van der Waals surface area contributed by atoms with Crippen LogP contribution in [0.2, 0.25) is 0 Å². The largest absolute Gasteiger partial charge is 0.449 e. The fourth-order valence-electron chi connectivity index (χ4n) is 0.499. The molecule has 0 spiro atoms. The van der Waals surface area contributed by atoms with Gasteiger partial charge in [-0.15, -0.1) is 0 Å². The van der Waals surface area contributed by atoms with Gasteiger partial charge in [0.15, 0.2) is 5.89 Å². The number of rotatable bonds is 2. The lowest BCUT2D eigenvalue weighted by Gasteiger charge is -1.81. The Balaban J connectivity index is 2.48. The van der Waals surface area contributed by atoms with Gasteiger partial charge in [0.05, 0.1) is 6.20 Å². The van der Waals surface area contributed by atoms with E-state index in [0.717, 1.165) is 0 Å². The molecule has 2 nitrogen and oxygen atoms in total. The fourth-order valence-corrected chi connectivity index (χ4v) is 0.588. The number of nitrogens with zero attached hydrogens (tertiary/aromatic N) is 1. The van der Waals surface area contributed by atoms with Crippen molar-refractivity contribution in [2.24, 2.45) is 0 Å². The van der Waals surface area contributed by atoms with Crippen LogP contribution in [-0.4, -0.2) is 4.98 Å². The first-order chi connectivity index (χ1) is 4.43. The summed E-state index contributed by atoms with van der Waals surface area (Å²) in [5, 5.41) is 0. The molecule has 1 rings (SSSR count). The summed E-state index contributed by atoms with van der Waals surface area (Å²) in [5.41, 5.74) is 1.45. The second-order valence-corrected chi connectivity index (χ2v) is 1.74. The summed E-state index contributed by atoms with van der Waals surface area (Å²) >= 11 is 5.27. The van der Waals surface area contributed by atoms with Gasteiger partial charge in [-0.3, -0.25) is 0 Å². The van der Waals surface area contributed by atoms with E-state index < -0.39 is 0 Å². The highest BCUT2D eigenvalue weighted by Crippen LogP contribution is 1.96. The van der Waals surface area contributed by atoms with Gasteiger partial charge in [0.25, 0.3) is 0 Å². The lowest BCUT2D eigenvalue weighted by atomic mass is 10.4. The van der Waals surface area contributed by atoms with E-state index in [1.807, 2.05) is 0 Å². The lowest BCUT2D eigenvalue weighted by Crippen LogP contribution is -1.76. The summed E-state index contributed by atoms with van der Waals surface area (Å²) in [6, 6.07) is 0. The van der Waals surface area contributed by atoms with Crippen molar-refractivity contribution in [1.29, 1.82) is 0 Å². The molecule has 0 radical (unpaired) electrons. The Hall–Kier alpha value is -0.760. The van der Waals surface area contributed by atoms with E-state index in [-0.39, 0.29) is 0 Å². The van der Waals surface area contributed by atoms with Gasteiger partial charge in [-0.2, -0.15) is 0 Å². The van der Waals surface area contributed by atoms with Gasteiger partial charge in [0, 0.05) is 12.0 Å². The Morgan fingerprint density at radius 2 is 2.67 bits per heavy atom. The molecule has 3 heteroatoms. The van der Waals surface area contributed by atoms with Crippen molar-refractivity contribution in [1.82, 2.24) is 4.98 Å². The van der Waals surface area contributed by atoms with Gasteiger partial charge >= 0.3 is 0 Å². The van der Waals surface area contributed by atoms with E-state index >= 15 is 0 Å². The Morgan fingerprint density at radius 1 is 1.78 bits per heavy atom. The molecule has 0 bridgehead atoms. The second-order valence-electron chi connectivity index (χ2n) is 1.49. The van der Waals surface area contributed by atoms with E-state index in [0.29, 0.717) is 12.3 Å². The van der Waals surface area contributed by atoms with Crippen LogP contribution in [0, 0.1) is 0 Å².